The van der Waals surface area contributed by atoms with E-state index in [1.807, 2.05) is 47.4 Å². The standard InChI is InChI=1S/C23H30N4O2.HI/c1-24-23(25-15-19-8-10-21(29-2)11-9-19)26-16-20-14-22(28)27(17-20)13-12-18-6-4-3-5-7-18;/h3-11,20H,12-17H2,1-2H3,(H2,24,25,26);1H. The van der Waals surface area contributed by atoms with Crippen molar-refractivity contribution < 1.29 is 9.53 Å². The normalized spacial score (nSPS) is 16.2. The molecule has 0 bridgehead atoms. The number of hydrogen-bond donors (Lipinski definition) is 2. The van der Waals surface area contributed by atoms with Crippen molar-refractivity contribution in [2.24, 2.45) is 10.9 Å². The summed E-state index contributed by atoms with van der Waals surface area (Å²) in [6, 6.07) is 18.3. The maximum absolute atomic E-state index is 12.3. The molecule has 1 atom stereocenters. The van der Waals surface area contributed by atoms with Crippen LogP contribution in [0, 0.1) is 5.92 Å². The van der Waals surface area contributed by atoms with E-state index >= 15 is 0 Å². The first-order chi connectivity index (χ1) is 14.2. The molecule has 3 rings (SSSR count). The second-order valence-electron chi connectivity index (χ2n) is 7.30. The summed E-state index contributed by atoms with van der Waals surface area (Å²) in [5.74, 6) is 2.14. The molecule has 1 unspecified atom stereocenters. The molecule has 1 saturated heterocycles. The summed E-state index contributed by atoms with van der Waals surface area (Å²) < 4.78 is 5.18. The molecule has 1 aliphatic heterocycles. The first-order valence-electron chi connectivity index (χ1n) is 10.1. The second-order valence-corrected chi connectivity index (χ2v) is 7.30. The number of carbonyl (C=O) groups excluding carboxylic acids is 1. The zero-order chi connectivity index (χ0) is 20.5. The molecule has 0 aromatic heterocycles. The van der Waals surface area contributed by atoms with Crippen LogP contribution in [-0.2, 0) is 17.8 Å². The van der Waals surface area contributed by atoms with Crippen LogP contribution >= 0.6 is 24.0 Å². The van der Waals surface area contributed by atoms with Gasteiger partial charge in [0.1, 0.15) is 5.75 Å². The van der Waals surface area contributed by atoms with E-state index in [0.29, 0.717) is 18.9 Å². The van der Waals surface area contributed by atoms with Crippen LogP contribution in [0.4, 0.5) is 0 Å². The molecule has 30 heavy (non-hydrogen) atoms. The lowest BCUT2D eigenvalue weighted by Crippen LogP contribution is -2.40. The molecule has 0 spiro atoms. The Kier molecular flexibility index (Phi) is 9.93. The second kappa shape index (κ2) is 12.4. The van der Waals surface area contributed by atoms with E-state index in [2.05, 4.69) is 27.8 Å². The molecular weight excluding hydrogens is 491 g/mol. The quantitative estimate of drug-likeness (QED) is 0.318. The minimum Gasteiger partial charge on any atom is -0.497 e. The number of aliphatic imine (C=N–C) groups is 1. The van der Waals surface area contributed by atoms with Crippen molar-refractivity contribution in [3.8, 4) is 5.75 Å². The fraction of sp³-hybridized carbons (Fsp3) is 0.391. The number of carbonyl (C=O) groups is 1. The maximum atomic E-state index is 12.3. The Morgan fingerprint density at radius 3 is 2.50 bits per heavy atom. The lowest BCUT2D eigenvalue weighted by atomic mass is 10.1. The van der Waals surface area contributed by atoms with Gasteiger partial charge in [-0.3, -0.25) is 9.79 Å². The smallest absolute Gasteiger partial charge is 0.223 e. The highest BCUT2D eigenvalue weighted by molar-refractivity contribution is 14.0. The average molecular weight is 522 g/mol. The number of nitrogens with one attached hydrogen (secondary N) is 2. The van der Waals surface area contributed by atoms with E-state index in [9.17, 15) is 4.79 Å². The van der Waals surface area contributed by atoms with Gasteiger partial charge in [0.25, 0.3) is 0 Å². The van der Waals surface area contributed by atoms with Crippen LogP contribution in [0.1, 0.15) is 17.5 Å². The van der Waals surface area contributed by atoms with Gasteiger partial charge in [-0.15, -0.1) is 24.0 Å². The highest BCUT2D eigenvalue weighted by Crippen LogP contribution is 2.17. The third kappa shape index (κ3) is 7.19. The number of ether oxygens (including phenoxy) is 1. The Hall–Kier alpha value is -2.29. The molecule has 0 aliphatic carbocycles. The van der Waals surface area contributed by atoms with Gasteiger partial charge in [-0.2, -0.15) is 0 Å². The first-order valence-corrected chi connectivity index (χ1v) is 10.1. The molecule has 162 valence electrons. The lowest BCUT2D eigenvalue weighted by molar-refractivity contribution is -0.127. The van der Waals surface area contributed by atoms with Gasteiger partial charge in [0, 0.05) is 45.6 Å². The zero-order valence-electron chi connectivity index (χ0n) is 17.6. The van der Waals surface area contributed by atoms with Crippen molar-refractivity contribution >= 4 is 35.8 Å². The fourth-order valence-electron chi connectivity index (χ4n) is 3.51. The highest BCUT2D eigenvalue weighted by Gasteiger charge is 2.29. The Balaban J connectivity index is 0.00000320. The van der Waals surface area contributed by atoms with Crippen LogP contribution in [0.3, 0.4) is 0 Å². The van der Waals surface area contributed by atoms with Crippen molar-refractivity contribution in [1.29, 1.82) is 0 Å². The summed E-state index contributed by atoms with van der Waals surface area (Å²) in [6.07, 6.45) is 1.50. The average Bonchev–Trinajstić information content (AvgIpc) is 3.13. The minimum atomic E-state index is 0. The van der Waals surface area contributed by atoms with E-state index in [1.165, 1.54) is 5.56 Å². The summed E-state index contributed by atoms with van der Waals surface area (Å²) in [6.45, 7) is 2.99. The summed E-state index contributed by atoms with van der Waals surface area (Å²) in [7, 11) is 3.42. The number of amides is 1. The third-order valence-corrected chi connectivity index (χ3v) is 5.21. The fourth-order valence-corrected chi connectivity index (χ4v) is 3.51. The topological polar surface area (TPSA) is 66.0 Å². The van der Waals surface area contributed by atoms with Crippen molar-refractivity contribution in [3.63, 3.8) is 0 Å². The van der Waals surface area contributed by atoms with Crippen molar-refractivity contribution in [2.45, 2.75) is 19.4 Å². The summed E-state index contributed by atoms with van der Waals surface area (Å²) >= 11 is 0. The number of guanidine groups is 1. The monoisotopic (exact) mass is 522 g/mol. The Labute approximate surface area is 196 Å². The molecule has 6 nitrogen and oxygen atoms in total. The largest absolute Gasteiger partial charge is 0.497 e. The maximum Gasteiger partial charge on any atom is 0.223 e. The van der Waals surface area contributed by atoms with Gasteiger partial charge in [0.05, 0.1) is 7.11 Å². The molecule has 7 heteroatoms. The van der Waals surface area contributed by atoms with E-state index < -0.39 is 0 Å². The number of rotatable bonds is 8. The van der Waals surface area contributed by atoms with Crippen molar-refractivity contribution in [2.75, 3.05) is 33.8 Å². The van der Waals surface area contributed by atoms with Crippen molar-refractivity contribution in [1.82, 2.24) is 15.5 Å². The number of benzene rings is 2. The molecule has 1 amide bonds. The van der Waals surface area contributed by atoms with Crippen LogP contribution < -0.4 is 15.4 Å². The molecule has 2 aromatic carbocycles. The van der Waals surface area contributed by atoms with Gasteiger partial charge in [-0.05, 0) is 29.7 Å². The minimum absolute atomic E-state index is 0. The van der Waals surface area contributed by atoms with Crippen LogP contribution in [0.25, 0.3) is 0 Å². The predicted octanol–water partition coefficient (Wildman–Crippen LogP) is 3.07. The van der Waals surface area contributed by atoms with Crippen LogP contribution in [0.5, 0.6) is 5.75 Å². The number of methoxy groups -OCH3 is 1. The molecule has 1 aliphatic rings. The summed E-state index contributed by atoms with van der Waals surface area (Å²) in [4.78, 5) is 18.6. The Bertz CT molecular complexity index is 812. The molecule has 0 saturated carbocycles. The highest BCUT2D eigenvalue weighted by atomic mass is 127. The van der Waals surface area contributed by atoms with Gasteiger partial charge in [-0.1, -0.05) is 42.5 Å². The van der Waals surface area contributed by atoms with Crippen LogP contribution in [0.2, 0.25) is 0 Å². The van der Waals surface area contributed by atoms with Crippen LogP contribution in [0.15, 0.2) is 59.6 Å². The predicted molar refractivity (Wildman–Crippen MR) is 131 cm³/mol. The molecular formula is C23H31IN4O2. The first kappa shape index (κ1) is 24.0. The number of likely N-dealkylation sites (tertiary alicyclic amines) is 1. The van der Waals surface area contributed by atoms with Gasteiger partial charge >= 0.3 is 0 Å². The third-order valence-electron chi connectivity index (χ3n) is 5.21. The van der Waals surface area contributed by atoms with E-state index in [1.54, 1.807) is 14.2 Å². The van der Waals surface area contributed by atoms with Gasteiger partial charge in [-0.25, -0.2) is 0 Å². The molecule has 2 N–H and O–H groups in total. The van der Waals surface area contributed by atoms with Crippen molar-refractivity contribution in [3.05, 3.63) is 65.7 Å². The van der Waals surface area contributed by atoms with E-state index in [0.717, 1.165) is 43.3 Å². The van der Waals surface area contributed by atoms with E-state index in [4.69, 9.17) is 4.74 Å². The molecule has 1 heterocycles. The van der Waals surface area contributed by atoms with Gasteiger partial charge < -0.3 is 20.3 Å². The molecule has 1 fully saturated rings. The van der Waals surface area contributed by atoms with Crippen LogP contribution in [-0.4, -0.2) is 50.6 Å². The number of halogens is 1. The van der Waals surface area contributed by atoms with Gasteiger partial charge in [0.2, 0.25) is 5.91 Å². The zero-order valence-corrected chi connectivity index (χ0v) is 20.0. The van der Waals surface area contributed by atoms with Gasteiger partial charge in [0.15, 0.2) is 5.96 Å². The SMILES string of the molecule is CN=C(NCc1ccc(OC)cc1)NCC1CC(=O)N(CCc2ccccc2)C1.I. The number of hydrogen-bond acceptors (Lipinski definition) is 3. The lowest BCUT2D eigenvalue weighted by Gasteiger charge is -2.18. The number of nitrogens with zero attached hydrogens (tertiary/aromatic N) is 2. The summed E-state index contributed by atoms with van der Waals surface area (Å²) in [5.41, 5.74) is 2.42. The molecule has 0 radical (unpaired) electrons. The van der Waals surface area contributed by atoms with E-state index in [-0.39, 0.29) is 29.9 Å². The Morgan fingerprint density at radius 1 is 1.10 bits per heavy atom. The Morgan fingerprint density at radius 2 is 1.83 bits per heavy atom. The summed E-state index contributed by atoms with van der Waals surface area (Å²) in [5, 5.41) is 6.67. The molecule has 2 aromatic rings.